The van der Waals surface area contributed by atoms with E-state index in [2.05, 4.69) is 46.2 Å². The minimum atomic E-state index is 0.0517. The molecule has 7 heteroatoms. The Kier molecular flexibility index (Phi) is 4.34. The molecule has 4 rings (SSSR count). The molecule has 0 bridgehead atoms. The number of nitrogens with zero attached hydrogens (tertiary/aromatic N) is 2. The van der Waals surface area contributed by atoms with Gasteiger partial charge < -0.3 is 11.1 Å². The summed E-state index contributed by atoms with van der Waals surface area (Å²) in [5, 5.41) is 11.0. The molecule has 0 unspecified atom stereocenters. The van der Waals surface area contributed by atoms with Gasteiger partial charge in [0.2, 0.25) is 0 Å². The van der Waals surface area contributed by atoms with Crippen LogP contribution in [0.3, 0.4) is 0 Å². The summed E-state index contributed by atoms with van der Waals surface area (Å²) in [5.74, 6) is 0. The van der Waals surface area contributed by atoms with Crippen LogP contribution in [0.25, 0.3) is 31.2 Å². The van der Waals surface area contributed by atoms with Gasteiger partial charge in [-0.25, -0.2) is 0 Å². The average Bonchev–Trinajstić information content (AvgIpc) is 3.03. The van der Waals surface area contributed by atoms with Crippen LogP contribution in [-0.4, -0.2) is 36.1 Å². The summed E-state index contributed by atoms with van der Waals surface area (Å²) in [6.45, 7) is 7.28. The van der Waals surface area contributed by atoms with Crippen LogP contribution < -0.4 is 21.5 Å². The number of anilines is 1. The van der Waals surface area contributed by atoms with Gasteiger partial charge in [0.25, 0.3) is 0 Å². The fourth-order valence-electron chi connectivity index (χ4n) is 3.53. The van der Waals surface area contributed by atoms with Crippen molar-refractivity contribution in [3.8, 4) is 0 Å². The summed E-state index contributed by atoms with van der Waals surface area (Å²) < 4.78 is 2.13. The number of nitrogens with one attached hydrogen (secondary N) is 2. The number of nitrogens with two attached hydrogens (primary N) is 1. The summed E-state index contributed by atoms with van der Waals surface area (Å²) in [7, 11) is 0. The summed E-state index contributed by atoms with van der Waals surface area (Å²) >= 11 is 1.65. The second kappa shape index (κ2) is 6.66. The number of H-pyrrole nitrogens is 1. The molecule has 0 fully saturated rings. The highest BCUT2D eigenvalue weighted by Gasteiger charge is 2.18. The Morgan fingerprint density at radius 3 is 2.73 bits per heavy atom. The maximum absolute atomic E-state index is 12.6. The van der Waals surface area contributed by atoms with Crippen molar-refractivity contribution in [1.82, 2.24) is 9.89 Å². The molecule has 0 atom stereocenters. The maximum Gasteiger partial charge on any atom is 0.189 e. The van der Waals surface area contributed by atoms with Crippen molar-refractivity contribution in [1.29, 1.82) is 0 Å². The first kappa shape index (κ1) is 16.9. The molecule has 2 aromatic heterocycles. The lowest BCUT2D eigenvalue weighted by molar-refractivity contribution is 0.579. The van der Waals surface area contributed by atoms with Gasteiger partial charge in [-0.3, -0.25) is 14.9 Å². The molecule has 0 saturated carbocycles. The van der Waals surface area contributed by atoms with E-state index >= 15 is 0 Å². The van der Waals surface area contributed by atoms with Gasteiger partial charge in [-0.05, 0) is 38.1 Å². The Balaban J connectivity index is 2.15. The lowest BCUT2D eigenvalue weighted by Gasteiger charge is -2.22. The molecule has 0 radical (unpaired) electrons. The van der Waals surface area contributed by atoms with Crippen LogP contribution in [0.15, 0.2) is 35.1 Å². The van der Waals surface area contributed by atoms with Gasteiger partial charge in [0.15, 0.2) is 5.43 Å². The number of hydrogen-bond donors (Lipinski definition) is 3. The fourth-order valence-corrected chi connectivity index (χ4v) is 4.76. The standard InChI is InChI=1S/C19H23N5OS/c1-3-23(4-2)24-13-9-8-12(21-11-10-20)19-16(13)18(22-24)17-14(25)6-5-7-15(17)26-19/h5-9,21-22H,3-4,10-11,20H2,1-2H3. The smallest absolute Gasteiger partial charge is 0.189 e. The quantitative estimate of drug-likeness (QED) is 0.457. The predicted molar refractivity (Wildman–Crippen MR) is 112 cm³/mol. The lowest BCUT2D eigenvalue weighted by Crippen LogP contribution is -2.34. The molecule has 0 aliphatic heterocycles. The van der Waals surface area contributed by atoms with Crippen molar-refractivity contribution in [3.05, 3.63) is 40.6 Å². The third-order valence-corrected chi connectivity index (χ3v) is 5.94. The summed E-state index contributed by atoms with van der Waals surface area (Å²) in [6.07, 6.45) is 0. The Morgan fingerprint density at radius 2 is 2.00 bits per heavy atom. The van der Waals surface area contributed by atoms with Crippen LogP contribution in [0.2, 0.25) is 0 Å². The van der Waals surface area contributed by atoms with E-state index in [-0.39, 0.29) is 5.43 Å². The van der Waals surface area contributed by atoms with E-state index < -0.39 is 0 Å². The lowest BCUT2D eigenvalue weighted by atomic mass is 10.1. The van der Waals surface area contributed by atoms with Crippen LogP contribution in [-0.2, 0) is 0 Å². The van der Waals surface area contributed by atoms with Crippen molar-refractivity contribution in [2.75, 3.05) is 36.5 Å². The second-order valence-corrected chi connectivity index (χ2v) is 7.27. The van der Waals surface area contributed by atoms with E-state index in [4.69, 9.17) is 5.73 Å². The van der Waals surface area contributed by atoms with Crippen LogP contribution in [0.4, 0.5) is 5.69 Å². The molecule has 0 spiro atoms. The summed E-state index contributed by atoms with van der Waals surface area (Å²) in [6, 6.07) is 9.68. The van der Waals surface area contributed by atoms with Crippen LogP contribution in [0, 0.1) is 0 Å². The molecule has 0 aliphatic rings. The Hall–Kier alpha value is -2.51. The first-order valence-corrected chi connectivity index (χ1v) is 9.79. The third-order valence-electron chi connectivity index (χ3n) is 4.75. The van der Waals surface area contributed by atoms with Crippen LogP contribution >= 0.6 is 11.3 Å². The molecule has 6 nitrogen and oxygen atoms in total. The van der Waals surface area contributed by atoms with E-state index in [0.29, 0.717) is 13.1 Å². The number of benzene rings is 2. The zero-order valence-electron chi connectivity index (χ0n) is 15.0. The van der Waals surface area contributed by atoms with Crippen molar-refractivity contribution in [3.63, 3.8) is 0 Å². The van der Waals surface area contributed by atoms with E-state index in [0.717, 1.165) is 50.0 Å². The van der Waals surface area contributed by atoms with Gasteiger partial charge >= 0.3 is 0 Å². The predicted octanol–water partition coefficient (Wildman–Crippen LogP) is 3.05. The van der Waals surface area contributed by atoms with Crippen LogP contribution in [0.1, 0.15) is 13.8 Å². The molecular formula is C19H23N5OS. The SMILES string of the molecule is CCN(CC)n1[nH]c2c3c(=O)cccc3sc3c(NCCN)ccc1c32. The zero-order chi connectivity index (χ0) is 18.3. The molecule has 2 heterocycles. The molecule has 2 aromatic carbocycles. The van der Waals surface area contributed by atoms with E-state index in [9.17, 15) is 4.79 Å². The number of aromatic amines is 1. The molecule has 26 heavy (non-hydrogen) atoms. The van der Waals surface area contributed by atoms with Gasteiger partial charge in [-0.1, -0.05) is 6.07 Å². The second-order valence-electron chi connectivity index (χ2n) is 6.22. The first-order valence-electron chi connectivity index (χ1n) is 8.97. The summed E-state index contributed by atoms with van der Waals surface area (Å²) in [5.41, 5.74) is 8.76. The molecule has 4 aromatic rings. The van der Waals surface area contributed by atoms with Gasteiger partial charge in [0.1, 0.15) is 0 Å². The Bertz CT molecular complexity index is 1140. The topological polar surface area (TPSA) is 79.1 Å². The normalized spacial score (nSPS) is 11.7. The highest BCUT2D eigenvalue weighted by atomic mass is 32.1. The molecular weight excluding hydrogens is 346 g/mol. The van der Waals surface area contributed by atoms with Crippen molar-refractivity contribution in [2.24, 2.45) is 5.73 Å². The Labute approximate surface area is 155 Å². The first-order chi connectivity index (χ1) is 12.7. The van der Waals surface area contributed by atoms with E-state index in [1.54, 1.807) is 17.4 Å². The van der Waals surface area contributed by atoms with E-state index in [1.165, 1.54) is 0 Å². The zero-order valence-corrected chi connectivity index (χ0v) is 15.8. The van der Waals surface area contributed by atoms with Gasteiger partial charge in [-0.2, -0.15) is 4.79 Å². The average molecular weight is 369 g/mol. The summed E-state index contributed by atoms with van der Waals surface area (Å²) in [4.78, 5) is 14.7. The van der Waals surface area contributed by atoms with Gasteiger partial charge in [0.05, 0.1) is 26.8 Å². The highest BCUT2D eigenvalue weighted by Crippen LogP contribution is 2.39. The largest absolute Gasteiger partial charge is 0.383 e. The number of hydrogen-bond acceptors (Lipinski definition) is 5. The van der Waals surface area contributed by atoms with Gasteiger partial charge in [-0.15, -0.1) is 11.3 Å². The minimum absolute atomic E-state index is 0.0517. The monoisotopic (exact) mass is 369 g/mol. The van der Waals surface area contributed by atoms with Crippen molar-refractivity contribution in [2.45, 2.75) is 13.8 Å². The fraction of sp³-hybridized carbons (Fsp3) is 0.316. The Morgan fingerprint density at radius 1 is 1.19 bits per heavy atom. The number of fused-ring (bicyclic) bond motifs is 2. The number of aromatic nitrogens is 2. The highest BCUT2D eigenvalue weighted by molar-refractivity contribution is 7.25. The van der Waals surface area contributed by atoms with Crippen LogP contribution in [0.5, 0.6) is 0 Å². The van der Waals surface area contributed by atoms with Gasteiger partial charge in [0, 0.05) is 36.3 Å². The molecule has 0 aliphatic carbocycles. The third kappa shape index (κ3) is 2.47. The molecule has 4 N–H and O–H groups in total. The molecule has 136 valence electrons. The van der Waals surface area contributed by atoms with Crippen molar-refractivity contribution < 1.29 is 0 Å². The van der Waals surface area contributed by atoms with E-state index in [1.807, 2.05) is 12.1 Å². The molecule has 0 amide bonds. The van der Waals surface area contributed by atoms with Crippen molar-refractivity contribution >= 4 is 48.2 Å². The molecule has 0 saturated heterocycles. The maximum atomic E-state index is 12.6. The number of rotatable bonds is 6. The minimum Gasteiger partial charge on any atom is -0.383 e.